The molecule has 6 nitrogen and oxygen atoms in total. The number of carbonyl (C=O) groups is 2. The lowest BCUT2D eigenvalue weighted by molar-refractivity contribution is -0.123. The molecule has 6 heteroatoms. The van der Waals surface area contributed by atoms with Gasteiger partial charge >= 0.3 is 6.09 Å². The number of nitrogens with one attached hydrogen (secondary N) is 3. The van der Waals surface area contributed by atoms with Crippen LogP contribution in [0.2, 0.25) is 0 Å². The van der Waals surface area contributed by atoms with Crippen LogP contribution in [0.3, 0.4) is 0 Å². The van der Waals surface area contributed by atoms with Crippen molar-refractivity contribution >= 4 is 22.9 Å². The summed E-state index contributed by atoms with van der Waals surface area (Å²) >= 11 is 0. The number of para-hydroxylation sites is 1. The quantitative estimate of drug-likeness (QED) is 0.475. The molecule has 1 aromatic heterocycles. The summed E-state index contributed by atoms with van der Waals surface area (Å²) in [6.45, 7) is 4.84. The van der Waals surface area contributed by atoms with Crippen LogP contribution < -0.4 is 10.6 Å². The summed E-state index contributed by atoms with van der Waals surface area (Å²) in [5, 5.41) is 6.72. The van der Waals surface area contributed by atoms with Crippen molar-refractivity contribution in [1.82, 2.24) is 15.6 Å². The average molecular weight is 388 g/mol. The zero-order chi connectivity index (χ0) is 20.2. The third-order valence-electron chi connectivity index (χ3n) is 4.81. The summed E-state index contributed by atoms with van der Waals surface area (Å²) in [5.74, 6) is -0.174. The minimum absolute atomic E-state index is 0.174. The minimum atomic E-state index is -0.668. The predicted octanol–water partition coefficient (Wildman–Crippen LogP) is 4.30. The maximum Gasteiger partial charge on any atom is 0.407 e. The third kappa shape index (κ3) is 6.91. The number of carbonyl (C=O) groups excluding carboxylic acids is 2. The largest absolute Gasteiger partial charge is 0.450 e. The van der Waals surface area contributed by atoms with Crippen LogP contribution in [0.4, 0.5) is 4.79 Å². The zero-order valence-corrected chi connectivity index (χ0v) is 17.1. The number of aromatic nitrogens is 1. The van der Waals surface area contributed by atoms with Gasteiger partial charge in [0.2, 0.25) is 5.91 Å². The lowest BCUT2D eigenvalue weighted by Gasteiger charge is -2.18. The van der Waals surface area contributed by atoms with Crippen LogP contribution in [0.25, 0.3) is 10.9 Å². The van der Waals surface area contributed by atoms with E-state index in [1.807, 2.05) is 30.5 Å². The number of H-pyrrole nitrogens is 1. The second-order valence-electron chi connectivity index (χ2n) is 7.04. The molecule has 0 spiro atoms. The predicted molar refractivity (Wildman–Crippen MR) is 112 cm³/mol. The summed E-state index contributed by atoms with van der Waals surface area (Å²) in [7, 11) is 0. The molecule has 2 aromatic rings. The minimum Gasteiger partial charge on any atom is -0.450 e. The first kappa shape index (κ1) is 21.8. The molecule has 28 heavy (non-hydrogen) atoms. The van der Waals surface area contributed by atoms with Crippen LogP contribution in [-0.4, -0.2) is 36.2 Å². The molecule has 0 saturated carbocycles. The Morgan fingerprint density at radius 3 is 2.61 bits per heavy atom. The molecule has 0 unspecified atom stereocenters. The highest BCUT2D eigenvalue weighted by Crippen LogP contribution is 2.19. The molecule has 3 N–H and O–H groups in total. The number of alkyl carbamates (subject to hydrolysis) is 1. The Bertz CT molecular complexity index is 741. The van der Waals surface area contributed by atoms with Crippen molar-refractivity contribution in [2.75, 3.05) is 13.2 Å². The van der Waals surface area contributed by atoms with Gasteiger partial charge in [-0.15, -0.1) is 0 Å². The van der Waals surface area contributed by atoms with Gasteiger partial charge in [-0.1, -0.05) is 57.2 Å². The van der Waals surface area contributed by atoms with Crippen molar-refractivity contribution < 1.29 is 14.3 Å². The Morgan fingerprint density at radius 1 is 1.07 bits per heavy atom. The first-order valence-electron chi connectivity index (χ1n) is 10.4. The van der Waals surface area contributed by atoms with Crippen molar-refractivity contribution in [1.29, 1.82) is 0 Å². The van der Waals surface area contributed by atoms with E-state index in [2.05, 4.69) is 22.5 Å². The van der Waals surface area contributed by atoms with E-state index >= 15 is 0 Å². The smallest absolute Gasteiger partial charge is 0.407 e. The highest BCUT2D eigenvalue weighted by Gasteiger charge is 2.22. The molecule has 0 saturated heterocycles. The number of hydrogen-bond donors (Lipinski definition) is 3. The Kier molecular flexibility index (Phi) is 9.39. The molecule has 2 amide bonds. The number of unbranched alkanes of at least 4 members (excludes halogenated alkanes) is 5. The number of ether oxygens (including phenoxy) is 1. The summed E-state index contributed by atoms with van der Waals surface area (Å²) < 4.78 is 4.97. The van der Waals surface area contributed by atoms with E-state index in [4.69, 9.17) is 4.74 Å². The third-order valence-corrected chi connectivity index (χ3v) is 4.81. The Balaban J connectivity index is 1.92. The standard InChI is InChI=1S/C22H33N3O3/c1-3-5-6-7-8-11-14-23-21(26)20(25-22(27)28-4-2)15-17-16-24-19-13-10-9-12-18(17)19/h9-10,12-13,16,20,24H,3-8,11,14-15H2,1-2H3,(H,23,26)(H,25,27)/t20-/m1/s1. The van der Waals surface area contributed by atoms with Gasteiger partial charge in [-0.3, -0.25) is 4.79 Å². The second kappa shape index (κ2) is 12.1. The molecule has 1 atom stereocenters. The van der Waals surface area contributed by atoms with Crippen molar-refractivity contribution in [3.63, 3.8) is 0 Å². The van der Waals surface area contributed by atoms with E-state index in [1.54, 1.807) is 6.92 Å². The first-order chi connectivity index (χ1) is 13.7. The van der Waals surface area contributed by atoms with Crippen molar-refractivity contribution in [2.24, 2.45) is 0 Å². The van der Waals surface area contributed by atoms with E-state index in [0.717, 1.165) is 29.3 Å². The molecule has 0 fully saturated rings. The highest BCUT2D eigenvalue weighted by atomic mass is 16.5. The van der Waals surface area contributed by atoms with Gasteiger partial charge in [0.15, 0.2) is 0 Å². The normalized spacial score (nSPS) is 11.9. The van der Waals surface area contributed by atoms with Gasteiger partial charge in [0.1, 0.15) is 6.04 Å². The number of aromatic amines is 1. The molecule has 1 aromatic carbocycles. The molecule has 154 valence electrons. The van der Waals surface area contributed by atoms with Crippen molar-refractivity contribution in [3.05, 3.63) is 36.0 Å². The maximum absolute atomic E-state index is 12.7. The van der Waals surface area contributed by atoms with E-state index in [9.17, 15) is 9.59 Å². The van der Waals surface area contributed by atoms with Gasteiger partial charge in [0.25, 0.3) is 0 Å². The van der Waals surface area contributed by atoms with Gasteiger partial charge in [-0.2, -0.15) is 0 Å². The Hall–Kier alpha value is -2.50. The fraction of sp³-hybridized carbons (Fsp3) is 0.545. The van der Waals surface area contributed by atoms with Crippen LogP contribution in [0.1, 0.15) is 57.9 Å². The molecule has 0 aliphatic heterocycles. The average Bonchev–Trinajstić information content (AvgIpc) is 3.10. The molecule has 0 radical (unpaired) electrons. The van der Waals surface area contributed by atoms with E-state index in [1.165, 1.54) is 25.7 Å². The second-order valence-corrected chi connectivity index (χ2v) is 7.04. The SMILES string of the molecule is CCCCCCCCNC(=O)[C@@H](Cc1c[nH]c2ccccc12)NC(=O)OCC. The molecular formula is C22H33N3O3. The summed E-state index contributed by atoms with van der Waals surface area (Å²) in [5.41, 5.74) is 2.01. The summed E-state index contributed by atoms with van der Waals surface area (Å²) in [4.78, 5) is 27.8. The van der Waals surface area contributed by atoms with Gasteiger partial charge in [0, 0.05) is 30.1 Å². The molecule has 0 aliphatic rings. The first-order valence-corrected chi connectivity index (χ1v) is 10.4. The monoisotopic (exact) mass is 387 g/mol. The summed E-state index contributed by atoms with van der Waals surface area (Å²) in [6.07, 6.45) is 8.74. The van der Waals surface area contributed by atoms with Crippen molar-refractivity contribution in [3.8, 4) is 0 Å². The lowest BCUT2D eigenvalue weighted by Crippen LogP contribution is -2.48. The van der Waals surface area contributed by atoms with Gasteiger partial charge in [0.05, 0.1) is 6.61 Å². The van der Waals surface area contributed by atoms with E-state index < -0.39 is 12.1 Å². The fourth-order valence-corrected chi connectivity index (χ4v) is 3.28. The molecular weight excluding hydrogens is 354 g/mol. The van der Waals surface area contributed by atoms with E-state index in [0.29, 0.717) is 13.0 Å². The van der Waals surface area contributed by atoms with E-state index in [-0.39, 0.29) is 12.5 Å². The topological polar surface area (TPSA) is 83.2 Å². The van der Waals surface area contributed by atoms with Gasteiger partial charge < -0.3 is 20.4 Å². The van der Waals surface area contributed by atoms with Gasteiger partial charge in [-0.05, 0) is 25.0 Å². The highest BCUT2D eigenvalue weighted by molar-refractivity contribution is 5.88. The fourth-order valence-electron chi connectivity index (χ4n) is 3.28. The van der Waals surface area contributed by atoms with Crippen molar-refractivity contribution in [2.45, 2.75) is 64.8 Å². The van der Waals surface area contributed by atoms with Crippen LogP contribution in [-0.2, 0) is 16.0 Å². The summed E-state index contributed by atoms with van der Waals surface area (Å²) in [6, 6.07) is 7.26. The number of rotatable bonds is 12. The molecule has 0 bridgehead atoms. The van der Waals surface area contributed by atoms with Crippen LogP contribution >= 0.6 is 0 Å². The van der Waals surface area contributed by atoms with Crippen LogP contribution in [0.15, 0.2) is 30.5 Å². The van der Waals surface area contributed by atoms with Crippen LogP contribution in [0.5, 0.6) is 0 Å². The number of fused-ring (bicyclic) bond motifs is 1. The van der Waals surface area contributed by atoms with Crippen LogP contribution in [0, 0.1) is 0 Å². The lowest BCUT2D eigenvalue weighted by atomic mass is 10.0. The Labute approximate surface area is 167 Å². The molecule has 1 heterocycles. The molecule has 0 aliphatic carbocycles. The maximum atomic E-state index is 12.7. The van der Waals surface area contributed by atoms with Gasteiger partial charge in [-0.25, -0.2) is 4.79 Å². The number of amides is 2. The number of benzene rings is 1. The molecule has 2 rings (SSSR count). The number of hydrogen-bond acceptors (Lipinski definition) is 3. The zero-order valence-electron chi connectivity index (χ0n) is 17.1. The Morgan fingerprint density at radius 2 is 1.82 bits per heavy atom.